The third-order valence-corrected chi connectivity index (χ3v) is 4.60. The highest BCUT2D eigenvalue weighted by Gasteiger charge is 2.44. The van der Waals surface area contributed by atoms with Gasteiger partial charge in [0.1, 0.15) is 0 Å². The minimum atomic E-state index is 0.487. The fourth-order valence-electron chi connectivity index (χ4n) is 3.13. The number of anilines is 1. The van der Waals surface area contributed by atoms with Gasteiger partial charge in [0.2, 0.25) is 0 Å². The molecule has 5 heteroatoms. The predicted molar refractivity (Wildman–Crippen MR) is 76.9 cm³/mol. The van der Waals surface area contributed by atoms with Crippen LogP contribution in [0.5, 0.6) is 0 Å². The van der Waals surface area contributed by atoms with Crippen LogP contribution in [0, 0.1) is 18.8 Å². The van der Waals surface area contributed by atoms with Crippen molar-refractivity contribution in [3.8, 4) is 11.4 Å². The van der Waals surface area contributed by atoms with Crippen LogP contribution in [0.3, 0.4) is 0 Å². The largest absolute Gasteiger partial charge is 0.398 e. The molecule has 0 radical (unpaired) electrons. The molecule has 2 N–H and O–H groups in total. The molecule has 1 heterocycles. The van der Waals surface area contributed by atoms with E-state index in [2.05, 4.69) is 26.3 Å². The maximum Gasteiger partial charge on any atom is 0.182 e. The number of nitrogens with two attached hydrogens (primary N) is 1. The summed E-state index contributed by atoms with van der Waals surface area (Å²) >= 11 is 0. The SMILES string of the molecule is Cc1c(N)cccc1-c1nnnn1C(C1CC1)C1CC1. The van der Waals surface area contributed by atoms with Crippen LogP contribution in [0.4, 0.5) is 5.69 Å². The van der Waals surface area contributed by atoms with Crippen LogP contribution in [0.25, 0.3) is 11.4 Å². The van der Waals surface area contributed by atoms with E-state index in [0.717, 1.165) is 34.5 Å². The first-order valence-electron chi connectivity index (χ1n) is 7.39. The van der Waals surface area contributed by atoms with Gasteiger partial charge in [0.15, 0.2) is 5.82 Å². The topological polar surface area (TPSA) is 69.6 Å². The zero-order valence-electron chi connectivity index (χ0n) is 11.7. The molecule has 5 nitrogen and oxygen atoms in total. The predicted octanol–water partition coefficient (Wildman–Crippen LogP) is 2.59. The molecule has 0 aliphatic heterocycles. The van der Waals surface area contributed by atoms with E-state index in [1.165, 1.54) is 25.7 Å². The van der Waals surface area contributed by atoms with Crippen molar-refractivity contribution in [2.75, 3.05) is 5.73 Å². The summed E-state index contributed by atoms with van der Waals surface area (Å²) in [5.41, 5.74) is 8.94. The lowest BCUT2D eigenvalue weighted by atomic mass is 10.0. The van der Waals surface area contributed by atoms with E-state index in [4.69, 9.17) is 5.73 Å². The highest BCUT2D eigenvalue weighted by molar-refractivity contribution is 5.67. The minimum Gasteiger partial charge on any atom is -0.398 e. The fraction of sp³-hybridized carbons (Fsp3) is 0.533. The first-order chi connectivity index (χ1) is 9.75. The number of nitrogen functional groups attached to an aromatic ring is 1. The van der Waals surface area contributed by atoms with E-state index in [0.29, 0.717) is 6.04 Å². The van der Waals surface area contributed by atoms with Gasteiger partial charge < -0.3 is 5.73 Å². The van der Waals surface area contributed by atoms with Crippen molar-refractivity contribution in [2.24, 2.45) is 11.8 Å². The molecule has 0 bridgehead atoms. The number of nitrogens with zero attached hydrogens (tertiary/aromatic N) is 4. The molecule has 0 saturated heterocycles. The summed E-state index contributed by atoms with van der Waals surface area (Å²) in [6, 6.07) is 6.44. The van der Waals surface area contributed by atoms with Gasteiger partial charge in [0.05, 0.1) is 6.04 Å². The Hall–Kier alpha value is -1.91. The van der Waals surface area contributed by atoms with Gasteiger partial charge in [-0.2, -0.15) is 0 Å². The van der Waals surface area contributed by atoms with Crippen molar-refractivity contribution in [1.29, 1.82) is 0 Å². The average Bonchev–Trinajstić information content (AvgIpc) is 3.35. The number of aromatic nitrogens is 4. The Labute approximate surface area is 118 Å². The summed E-state index contributed by atoms with van der Waals surface area (Å²) in [5, 5.41) is 12.5. The van der Waals surface area contributed by atoms with Crippen LogP contribution < -0.4 is 5.73 Å². The van der Waals surface area contributed by atoms with Gasteiger partial charge in [-0.25, -0.2) is 4.68 Å². The normalized spacial score (nSPS) is 18.7. The van der Waals surface area contributed by atoms with Crippen LogP contribution >= 0.6 is 0 Å². The monoisotopic (exact) mass is 269 g/mol. The maximum atomic E-state index is 6.02. The molecular weight excluding hydrogens is 250 g/mol. The molecule has 104 valence electrons. The number of tetrazole rings is 1. The van der Waals surface area contributed by atoms with Crippen LogP contribution in [-0.4, -0.2) is 20.2 Å². The van der Waals surface area contributed by atoms with Crippen molar-refractivity contribution < 1.29 is 0 Å². The van der Waals surface area contributed by atoms with Crippen molar-refractivity contribution >= 4 is 5.69 Å². The second kappa shape index (κ2) is 4.30. The summed E-state index contributed by atoms with van der Waals surface area (Å²) in [5.74, 6) is 2.41. The number of rotatable bonds is 4. The highest BCUT2D eigenvalue weighted by atomic mass is 15.6. The third-order valence-electron chi connectivity index (χ3n) is 4.60. The quantitative estimate of drug-likeness (QED) is 0.866. The number of hydrogen-bond acceptors (Lipinski definition) is 4. The molecular formula is C15H19N5. The lowest BCUT2D eigenvalue weighted by Crippen LogP contribution is -2.16. The summed E-state index contributed by atoms with van der Waals surface area (Å²) in [4.78, 5) is 0. The Morgan fingerprint density at radius 1 is 1.20 bits per heavy atom. The lowest BCUT2D eigenvalue weighted by molar-refractivity contribution is 0.357. The highest BCUT2D eigenvalue weighted by Crippen LogP contribution is 2.52. The van der Waals surface area contributed by atoms with Crippen LogP contribution in [-0.2, 0) is 0 Å². The smallest absolute Gasteiger partial charge is 0.182 e. The molecule has 20 heavy (non-hydrogen) atoms. The van der Waals surface area contributed by atoms with E-state index >= 15 is 0 Å². The summed E-state index contributed by atoms with van der Waals surface area (Å²) < 4.78 is 2.07. The average molecular weight is 269 g/mol. The van der Waals surface area contributed by atoms with Gasteiger partial charge in [-0.3, -0.25) is 0 Å². The maximum absolute atomic E-state index is 6.02. The van der Waals surface area contributed by atoms with Crippen molar-refractivity contribution in [2.45, 2.75) is 38.6 Å². The van der Waals surface area contributed by atoms with E-state index in [1.807, 2.05) is 19.1 Å². The first-order valence-corrected chi connectivity index (χ1v) is 7.39. The molecule has 2 aromatic rings. The molecule has 1 aromatic carbocycles. The third kappa shape index (κ3) is 1.88. The standard InChI is InChI=1S/C15H19N5/c1-9-12(3-2-4-13(9)16)15-17-18-19-20(15)14(10-5-6-10)11-7-8-11/h2-4,10-11,14H,5-8,16H2,1H3. The molecule has 2 saturated carbocycles. The number of hydrogen-bond donors (Lipinski definition) is 1. The zero-order chi connectivity index (χ0) is 13.7. The molecule has 4 rings (SSSR count). The number of benzene rings is 1. The first kappa shape index (κ1) is 11.9. The second-order valence-corrected chi connectivity index (χ2v) is 6.13. The van der Waals surface area contributed by atoms with Gasteiger partial charge in [0, 0.05) is 11.3 Å². The molecule has 1 aromatic heterocycles. The van der Waals surface area contributed by atoms with Crippen LogP contribution in [0.15, 0.2) is 18.2 Å². The Bertz CT molecular complexity index is 627. The Balaban J connectivity index is 1.79. The summed E-state index contributed by atoms with van der Waals surface area (Å²) in [6.07, 6.45) is 5.26. The van der Waals surface area contributed by atoms with E-state index in [1.54, 1.807) is 0 Å². The van der Waals surface area contributed by atoms with Crippen molar-refractivity contribution in [1.82, 2.24) is 20.2 Å². The zero-order valence-corrected chi connectivity index (χ0v) is 11.7. The molecule has 0 atom stereocenters. The van der Waals surface area contributed by atoms with E-state index in [9.17, 15) is 0 Å². The lowest BCUT2D eigenvalue weighted by Gasteiger charge is -2.18. The van der Waals surface area contributed by atoms with Crippen LogP contribution in [0.1, 0.15) is 37.3 Å². The van der Waals surface area contributed by atoms with Crippen LogP contribution in [0.2, 0.25) is 0 Å². The van der Waals surface area contributed by atoms with Gasteiger partial charge in [-0.1, -0.05) is 12.1 Å². The van der Waals surface area contributed by atoms with Gasteiger partial charge >= 0.3 is 0 Å². The Morgan fingerprint density at radius 2 is 1.90 bits per heavy atom. The minimum absolute atomic E-state index is 0.487. The molecule has 0 spiro atoms. The summed E-state index contributed by atoms with van der Waals surface area (Å²) in [7, 11) is 0. The van der Waals surface area contributed by atoms with Gasteiger partial charge in [-0.05, 0) is 66.5 Å². The van der Waals surface area contributed by atoms with Gasteiger partial charge in [-0.15, -0.1) is 5.10 Å². The van der Waals surface area contributed by atoms with E-state index < -0.39 is 0 Å². The van der Waals surface area contributed by atoms with E-state index in [-0.39, 0.29) is 0 Å². The Kier molecular flexibility index (Phi) is 2.55. The molecule has 0 amide bonds. The molecule has 2 aliphatic carbocycles. The van der Waals surface area contributed by atoms with Gasteiger partial charge in [0.25, 0.3) is 0 Å². The molecule has 2 fully saturated rings. The van der Waals surface area contributed by atoms with Crippen molar-refractivity contribution in [3.05, 3.63) is 23.8 Å². The molecule has 0 unspecified atom stereocenters. The summed E-state index contributed by atoms with van der Waals surface area (Å²) in [6.45, 7) is 2.03. The van der Waals surface area contributed by atoms with Crippen molar-refractivity contribution in [3.63, 3.8) is 0 Å². The molecule has 2 aliphatic rings. The Morgan fingerprint density at radius 3 is 2.55 bits per heavy atom. The fourth-order valence-corrected chi connectivity index (χ4v) is 3.13. The second-order valence-electron chi connectivity index (χ2n) is 6.13.